The van der Waals surface area contributed by atoms with Crippen LogP contribution in [0.1, 0.15) is 31.7 Å². The molecule has 0 spiro atoms. The summed E-state index contributed by atoms with van der Waals surface area (Å²) >= 11 is 0. The van der Waals surface area contributed by atoms with Crippen molar-refractivity contribution in [1.82, 2.24) is 4.90 Å². The molecule has 0 aliphatic carbocycles. The summed E-state index contributed by atoms with van der Waals surface area (Å²) < 4.78 is 0. The van der Waals surface area contributed by atoms with Crippen LogP contribution in [-0.4, -0.2) is 30.5 Å². The molecule has 0 radical (unpaired) electrons. The number of nitrogens with zero attached hydrogens (tertiary/aromatic N) is 2. The van der Waals surface area contributed by atoms with E-state index in [1.807, 2.05) is 6.07 Å². The Kier molecular flexibility index (Phi) is 5.28. The van der Waals surface area contributed by atoms with Crippen LogP contribution >= 0.6 is 0 Å². The van der Waals surface area contributed by atoms with Crippen molar-refractivity contribution < 1.29 is 4.92 Å². The Labute approximate surface area is 109 Å². The minimum Gasteiger partial charge on any atom is -0.309 e. The zero-order chi connectivity index (χ0) is 13.7. The standard InChI is InChI=1S/C14H22N2O2/c1-5-14(11(2)10-15(3)4)12-7-6-8-13(9-12)16(17)18/h6-9,11,14H,5,10H2,1-4H3/t11-,14+/m0/s1. The first kappa shape index (κ1) is 14.6. The lowest BCUT2D eigenvalue weighted by molar-refractivity contribution is -0.384. The summed E-state index contributed by atoms with van der Waals surface area (Å²) in [4.78, 5) is 12.6. The Bertz CT molecular complexity index is 405. The molecule has 4 heteroatoms. The van der Waals surface area contributed by atoms with Gasteiger partial charge in [-0.25, -0.2) is 0 Å². The molecule has 0 unspecified atom stereocenters. The average molecular weight is 250 g/mol. The molecule has 0 saturated heterocycles. The molecule has 4 nitrogen and oxygen atoms in total. The molecule has 0 heterocycles. The first-order valence-electron chi connectivity index (χ1n) is 6.34. The van der Waals surface area contributed by atoms with Gasteiger partial charge in [-0.2, -0.15) is 0 Å². The molecular weight excluding hydrogens is 228 g/mol. The van der Waals surface area contributed by atoms with Crippen molar-refractivity contribution in [3.8, 4) is 0 Å². The normalized spacial score (nSPS) is 14.5. The molecule has 0 aliphatic heterocycles. The van der Waals surface area contributed by atoms with Gasteiger partial charge in [0.2, 0.25) is 0 Å². The third kappa shape index (κ3) is 3.81. The average Bonchev–Trinajstić information content (AvgIpc) is 2.29. The van der Waals surface area contributed by atoms with E-state index in [1.165, 1.54) is 0 Å². The fourth-order valence-electron chi connectivity index (χ4n) is 2.54. The Balaban J connectivity index is 2.94. The number of rotatable bonds is 6. The maximum absolute atomic E-state index is 10.8. The van der Waals surface area contributed by atoms with Gasteiger partial charge < -0.3 is 4.90 Å². The van der Waals surface area contributed by atoms with Gasteiger partial charge in [0.1, 0.15) is 0 Å². The van der Waals surface area contributed by atoms with Crippen LogP contribution in [0.2, 0.25) is 0 Å². The molecule has 0 aliphatic rings. The molecule has 0 amide bonds. The van der Waals surface area contributed by atoms with E-state index >= 15 is 0 Å². The van der Waals surface area contributed by atoms with E-state index < -0.39 is 0 Å². The molecule has 0 bridgehead atoms. The maximum Gasteiger partial charge on any atom is 0.269 e. The first-order valence-corrected chi connectivity index (χ1v) is 6.34. The highest BCUT2D eigenvalue weighted by atomic mass is 16.6. The highest BCUT2D eigenvalue weighted by Gasteiger charge is 2.20. The number of hydrogen-bond donors (Lipinski definition) is 0. The van der Waals surface area contributed by atoms with Gasteiger partial charge >= 0.3 is 0 Å². The number of nitro groups is 1. The molecule has 0 N–H and O–H groups in total. The van der Waals surface area contributed by atoms with Crippen molar-refractivity contribution in [3.63, 3.8) is 0 Å². The smallest absolute Gasteiger partial charge is 0.269 e. The molecule has 2 atom stereocenters. The summed E-state index contributed by atoms with van der Waals surface area (Å²) in [6.07, 6.45) is 0.996. The van der Waals surface area contributed by atoms with Crippen molar-refractivity contribution in [2.75, 3.05) is 20.6 Å². The second-order valence-corrected chi connectivity index (χ2v) is 5.11. The predicted molar refractivity (Wildman–Crippen MR) is 73.8 cm³/mol. The third-order valence-corrected chi connectivity index (χ3v) is 3.29. The Morgan fingerprint density at radius 1 is 1.39 bits per heavy atom. The van der Waals surface area contributed by atoms with E-state index in [0.717, 1.165) is 18.5 Å². The molecule has 1 aromatic carbocycles. The van der Waals surface area contributed by atoms with Crippen LogP contribution in [-0.2, 0) is 0 Å². The van der Waals surface area contributed by atoms with Gasteiger partial charge in [-0.1, -0.05) is 26.0 Å². The maximum atomic E-state index is 10.8. The van der Waals surface area contributed by atoms with Crippen LogP contribution < -0.4 is 0 Å². The van der Waals surface area contributed by atoms with Crippen LogP contribution in [0, 0.1) is 16.0 Å². The third-order valence-electron chi connectivity index (χ3n) is 3.29. The number of benzene rings is 1. The van der Waals surface area contributed by atoms with Crippen LogP contribution in [0.15, 0.2) is 24.3 Å². The van der Waals surface area contributed by atoms with Crippen molar-refractivity contribution in [3.05, 3.63) is 39.9 Å². The van der Waals surface area contributed by atoms with Gasteiger partial charge in [0, 0.05) is 18.7 Å². The molecule has 0 aromatic heterocycles. The topological polar surface area (TPSA) is 46.4 Å². The number of nitro benzene ring substituents is 1. The zero-order valence-corrected chi connectivity index (χ0v) is 11.6. The Morgan fingerprint density at radius 3 is 2.56 bits per heavy atom. The van der Waals surface area contributed by atoms with E-state index in [2.05, 4.69) is 32.8 Å². The Morgan fingerprint density at radius 2 is 2.06 bits per heavy atom. The van der Waals surface area contributed by atoms with Gasteiger partial charge in [-0.05, 0) is 37.9 Å². The summed E-state index contributed by atoms with van der Waals surface area (Å²) in [5, 5.41) is 10.8. The fourth-order valence-corrected chi connectivity index (χ4v) is 2.54. The van der Waals surface area contributed by atoms with Gasteiger partial charge in [0.15, 0.2) is 0 Å². The summed E-state index contributed by atoms with van der Waals surface area (Å²) in [6, 6.07) is 7.03. The number of non-ortho nitro benzene ring substituents is 1. The highest BCUT2D eigenvalue weighted by molar-refractivity contribution is 5.36. The van der Waals surface area contributed by atoms with E-state index in [-0.39, 0.29) is 10.6 Å². The quantitative estimate of drug-likeness (QED) is 0.575. The minimum absolute atomic E-state index is 0.183. The second kappa shape index (κ2) is 6.50. The van der Waals surface area contributed by atoms with Gasteiger partial charge in [-0.3, -0.25) is 10.1 Å². The van der Waals surface area contributed by atoms with Crippen molar-refractivity contribution in [2.24, 2.45) is 5.92 Å². The summed E-state index contributed by atoms with van der Waals surface area (Å²) in [7, 11) is 4.10. The van der Waals surface area contributed by atoms with Crippen molar-refractivity contribution in [2.45, 2.75) is 26.2 Å². The molecule has 18 heavy (non-hydrogen) atoms. The van der Waals surface area contributed by atoms with Crippen molar-refractivity contribution in [1.29, 1.82) is 0 Å². The molecule has 1 aromatic rings. The van der Waals surface area contributed by atoms with Gasteiger partial charge in [-0.15, -0.1) is 0 Å². The van der Waals surface area contributed by atoms with E-state index in [9.17, 15) is 10.1 Å². The van der Waals surface area contributed by atoms with Crippen LogP contribution in [0.4, 0.5) is 5.69 Å². The van der Waals surface area contributed by atoms with Gasteiger partial charge in [0.05, 0.1) is 4.92 Å². The molecule has 100 valence electrons. The lowest BCUT2D eigenvalue weighted by atomic mass is 9.85. The minimum atomic E-state index is -0.327. The van der Waals surface area contributed by atoms with Crippen molar-refractivity contribution >= 4 is 5.69 Å². The monoisotopic (exact) mass is 250 g/mol. The van der Waals surface area contributed by atoms with Crippen LogP contribution in [0.5, 0.6) is 0 Å². The molecular formula is C14H22N2O2. The predicted octanol–water partition coefficient (Wildman–Crippen LogP) is 3.29. The largest absolute Gasteiger partial charge is 0.309 e. The van der Waals surface area contributed by atoms with E-state index in [1.54, 1.807) is 18.2 Å². The summed E-state index contributed by atoms with van der Waals surface area (Å²) in [5.41, 5.74) is 1.25. The Hall–Kier alpha value is -1.42. The number of hydrogen-bond acceptors (Lipinski definition) is 3. The van der Waals surface area contributed by atoms with Crippen LogP contribution in [0.3, 0.4) is 0 Å². The fraction of sp³-hybridized carbons (Fsp3) is 0.571. The molecule has 0 fully saturated rings. The second-order valence-electron chi connectivity index (χ2n) is 5.11. The van der Waals surface area contributed by atoms with E-state index in [4.69, 9.17) is 0 Å². The zero-order valence-electron chi connectivity index (χ0n) is 11.6. The van der Waals surface area contributed by atoms with Crippen LogP contribution in [0.25, 0.3) is 0 Å². The SMILES string of the molecule is CC[C@@H](c1cccc([N+](=O)[O-])c1)[C@@H](C)CN(C)C. The lowest BCUT2D eigenvalue weighted by Crippen LogP contribution is -2.24. The van der Waals surface area contributed by atoms with E-state index in [0.29, 0.717) is 11.8 Å². The summed E-state index contributed by atoms with van der Waals surface area (Å²) in [6.45, 7) is 5.32. The highest BCUT2D eigenvalue weighted by Crippen LogP contribution is 2.30. The lowest BCUT2D eigenvalue weighted by Gasteiger charge is -2.25. The van der Waals surface area contributed by atoms with Gasteiger partial charge in [0.25, 0.3) is 5.69 Å². The first-order chi connectivity index (χ1) is 8.45. The summed E-state index contributed by atoms with van der Waals surface area (Å²) in [5.74, 6) is 0.847. The molecule has 1 rings (SSSR count). The molecule has 0 saturated carbocycles.